The molecular formula is C23H26N8O2. The van der Waals surface area contributed by atoms with Crippen molar-refractivity contribution in [3.05, 3.63) is 53.1 Å². The molecule has 3 amide bonds. The van der Waals surface area contributed by atoms with Crippen LogP contribution < -0.4 is 10.6 Å². The van der Waals surface area contributed by atoms with Crippen molar-refractivity contribution in [1.82, 2.24) is 34.9 Å². The summed E-state index contributed by atoms with van der Waals surface area (Å²) in [6.45, 7) is 4.44. The van der Waals surface area contributed by atoms with Crippen molar-refractivity contribution < 1.29 is 9.59 Å². The number of amides is 3. The third-order valence-corrected chi connectivity index (χ3v) is 6.02. The lowest BCUT2D eigenvalue weighted by molar-refractivity contribution is 0.102. The van der Waals surface area contributed by atoms with Crippen molar-refractivity contribution in [2.45, 2.75) is 45.7 Å². The largest absolute Gasteiger partial charge is 0.338 e. The summed E-state index contributed by atoms with van der Waals surface area (Å²) in [5.74, 6) is 1.78. The van der Waals surface area contributed by atoms with E-state index in [-0.39, 0.29) is 11.9 Å². The molecule has 170 valence electrons. The summed E-state index contributed by atoms with van der Waals surface area (Å²) >= 11 is 0. The van der Waals surface area contributed by atoms with Crippen LogP contribution >= 0.6 is 0 Å². The molecule has 0 aromatic carbocycles. The number of fused-ring (bicyclic) bond motifs is 2. The van der Waals surface area contributed by atoms with E-state index in [1.165, 1.54) is 0 Å². The average Bonchev–Trinajstić information content (AvgIpc) is 3.28. The molecule has 0 spiro atoms. The van der Waals surface area contributed by atoms with Gasteiger partial charge in [-0.15, -0.1) is 10.2 Å². The summed E-state index contributed by atoms with van der Waals surface area (Å²) in [7, 11) is 0. The van der Waals surface area contributed by atoms with Gasteiger partial charge in [-0.1, -0.05) is 6.07 Å². The summed E-state index contributed by atoms with van der Waals surface area (Å²) < 4.78 is 2.10. The Balaban J connectivity index is 1.33. The second-order valence-corrected chi connectivity index (χ2v) is 8.26. The molecule has 0 atom stereocenters. The first-order valence-corrected chi connectivity index (χ1v) is 11.3. The van der Waals surface area contributed by atoms with Crippen LogP contribution in [0.1, 0.15) is 47.2 Å². The van der Waals surface area contributed by atoms with Crippen LogP contribution in [-0.4, -0.2) is 54.7 Å². The molecule has 10 nitrogen and oxygen atoms in total. The first-order valence-electron chi connectivity index (χ1n) is 11.3. The van der Waals surface area contributed by atoms with Gasteiger partial charge in [0.2, 0.25) is 0 Å². The molecule has 0 unspecified atom stereocenters. The molecule has 3 aromatic rings. The van der Waals surface area contributed by atoms with Gasteiger partial charge in [-0.25, -0.2) is 9.78 Å². The van der Waals surface area contributed by atoms with Crippen LogP contribution in [0.3, 0.4) is 0 Å². The molecular weight excluding hydrogens is 420 g/mol. The second kappa shape index (κ2) is 8.97. The number of rotatable bonds is 4. The molecule has 5 rings (SSSR count). The van der Waals surface area contributed by atoms with Crippen LogP contribution in [0, 0.1) is 0 Å². The first kappa shape index (κ1) is 21.0. The quantitative estimate of drug-likeness (QED) is 0.635. The van der Waals surface area contributed by atoms with Crippen LogP contribution in [0.15, 0.2) is 30.5 Å². The predicted molar refractivity (Wildman–Crippen MR) is 122 cm³/mol. The van der Waals surface area contributed by atoms with Gasteiger partial charge in [0.25, 0.3) is 5.91 Å². The van der Waals surface area contributed by atoms with E-state index >= 15 is 0 Å². The topological polar surface area (TPSA) is 118 Å². The monoisotopic (exact) mass is 446 g/mol. The third kappa shape index (κ3) is 4.28. The zero-order valence-electron chi connectivity index (χ0n) is 18.5. The molecule has 2 N–H and O–H groups in total. The third-order valence-electron chi connectivity index (χ3n) is 6.02. The van der Waals surface area contributed by atoms with Gasteiger partial charge < -0.3 is 20.1 Å². The minimum atomic E-state index is -0.346. The van der Waals surface area contributed by atoms with Gasteiger partial charge in [0.1, 0.15) is 23.0 Å². The van der Waals surface area contributed by atoms with Gasteiger partial charge in [0.05, 0.1) is 0 Å². The molecule has 0 saturated heterocycles. The Hall–Kier alpha value is -3.82. The molecule has 33 heavy (non-hydrogen) atoms. The maximum absolute atomic E-state index is 12.9. The van der Waals surface area contributed by atoms with Crippen LogP contribution in [0.5, 0.6) is 0 Å². The first-order chi connectivity index (χ1) is 16.1. The fourth-order valence-electron chi connectivity index (χ4n) is 4.31. The zero-order chi connectivity index (χ0) is 22.8. The van der Waals surface area contributed by atoms with Crippen LogP contribution in [0.25, 0.3) is 11.5 Å². The summed E-state index contributed by atoms with van der Waals surface area (Å²) in [5, 5.41) is 14.3. The van der Waals surface area contributed by atoms with Crippen LogP contribution in [0.2, 0.25) is 0 Å². The number of aryl methyl sites for hydroxylation is 1. The fourth-order valence-corrected chi connectivity index (χ4v) is 4.31. The lowest BCUT2D eigenvalue weighted by Crippen LogP contribution is -2.42. The Labute approximate surface area is 191 Å². The lowest BCUT2D eigenvalue weighted by atomic mass is 10.0. The van der Waals surface area contributed by atoms with E-state index in [9.17, 15) is 9.59 Å². The molecule has 3 aromatic heterocycles. The number of carbonyl (C=O) groups excluding carboxylic acids is 2. The number of nitrogens with zero attached hydrogens (tertiary/aromatic N) is 6. The fraction of sp³-hybridized carbons (Fsp3) is 0.391. The molecule has 0 saturated carbocycles. The standard InChI is InChI=1S/C23H26N8O2/c1-2-24-23(33)30-11-9-15-13-25-18(12-16(15)14-30)22(32)27-19-7-5-6-17(26-19)21-29-28-20-8-3-4-10-31(20)21/h5-7,12-13H,2-4,8-11,14H2,1H3,(H,24,33)(H,26,27,32). The molecule has 2 aliphatic heterocycles. The smallest absolute Gasteiger partial charge is 0.317 e. The molecule has 0 bridgehead atoms. The summed E-state index contributed by atoms with van der Waals surface area (Å²) in [5.41, 5.74) is 2.95. The van der Waals surface area contributed by atoms with E-state index in [0.717, 1.165) is 48.6 Å². The zero-order valence-corrected chi connectivity index (χ0v) is 18.5. The van der Waals surface area contributed by atoms with E-state index in [1.807, 2.05) is 19.1 Å². The summed E-state index contributed by atoms with van der Waals surface area (Å²) in [6, 6.07) is 7.11. The highest BCUT2D eigenvalue weighted by atomic mass is 16.2. The van der Waals surface area contributed by atoms with Crippen molar-refractivity contribution in [2.24, 2.45) is 0 Å². The predicted octanol–water partition coefficient (Wildman–Crippen LogP) is 2.41. The van der Waals surface area contributed by atoms with E-state index in [0.29, 0.717) is 43.3 Å². The van der Waals surface area contributed by atoms with E-state index in [1.54, 1.807) is 23.2 Å². The maximum Gasteiger partial charge on any atom is 0.317 e. The van der Waals surface area contributed by atoms with Crippen molar-refractivity contribution in [2.75, 3.05) is 18.4 Å². The number of urea groups is 1. The van der Waals surface area contributed by atoms with Crippen molar-refractivity contribution in [1.29, 1.82) is 0 Å². The Kier molecular flexibility index (Phi) is 5.72. The van der Waals surface area contributed by atoms with Gasteiger partial charge in [-0.3, -0.25) is 9.78 Å². The van der Waals surface area contributed by atoms with Gasteiger partial charge in [0.15, 0.2) is 5.82 Å². The maximum atomic E-state index is 12.9. The summed E-state index contributed by atoms with van der Waals surface area (Å²) in [4.78, 5) is 35.8. The summed E-state index contributed by atoms with van der Waals surface area (Å²) in [6.07, 6.45) is 5.58. The normalized spacial score (nSPS) is 14.9. The van der Waals surface area contributed by atoms with Gasteiger partial charge >= 0.3 is 6.03 Å². The molecule has 0 fully saturated rings. The SMILES string of the molecule is CCNC(=O)N1CCc2cnc(C(=O)Nc3cccc(-c4nnc5n4CCCC5)n3)cc2C1. The van der Waals surface area contributed by atoms with Crippen molar-refractivity contribution in [3.8, 4) is 11.5 Å². The Bertz CT molecular complexity index is 1200. The Morgan fingerprint density at radius 2 is 2.00 bits per heavy atom. The number of nitrogens with one attached hydrogen (secondary N) is 2. The van der Waals surface area contributed by atoms with Gasteiger partial charge in [-0.05, 0) is 55.5 Å². The van der Waals surface area contributed by atoms with Gasteiger partial charge in [0, 0.05) is 38.8 Å². The minimum absolute atomic E-state index is 0.0948. The number of carbonyl (C=O) groups is 2. The highest BCUT2D eigenvalue weighted by Gasteiger charge is 2.22. The van der Waals surface area contributed by atoms with E-state index in [2.05, 4.69) is 35.4 Å². The number of pyridine rings is 2. The average molecular weight is 447 g/mol. The van der Waals surface area contributed by atoms with Gasteiger partial charge in [-0.2, -0.15) is 0 Å². The van der Waals surface area contributed by atoms with Crippen LogP contribution in [0.4, 0.5) is 10.6 Å². The van der Waals surface area contributed by atoms with E-state index < -0.39 is 0 Å². The second-order valence-electron chi connectivity index (χ2n) is 8.26. The van der Waals surface area contributed by atoms with Crippen molar-refractivity contribution in [3.63, 3.8) is 0 Å². The molecule has 0 aliphatic carbocycles. The molecule has 2 aliphatic rings. The number of anilines is 1. The highest BCUT2D eigenvalue weighted by molar-refractivity contribution is 6.02. The number of hydrogen-bond acceptors (Lipinski definition) is 6. The van der Waals surface area contributed by atoms with Crippen LogP contribution in [-0.2, 0) is 25.9 Å². The minimum Gasteiger partial charge on any atom is -0.338 e. The molecule has 10 heteroatoms. The molecule has 5 heterocycles. The van der Waals surface area contributed by atoms with E-state index in [4.69, 9.17) is 0 Å². The molecule has 0 radical (unpaired) electrons. The van der Waals surface area contributed by atoms with Crippen molar-refractivity contribution >= 4 is 17.8 Å². The Morgan fingerprint density at radius 1 is 1.09 bits per heavy atom. The highest BCUT2D eigenvalue weighted by Crippen LogP contribution is 2.23. The number of hydrogen-bond donors (Lipinski definition) is 2. The number of aromatic nitrogens is 5. The lowest BCUT2D eigenvalue weighted by Gasteiger charge is -2.28. The Morgan fingerprint density at radius 3 is 2.88 bits per heavy atom.